The summed E-state index contributed by atoms with van der Waals surface area (Å²) in [6, 6.07) is 2.98. The standard InChI is InChI=1S/C23H24F2N4O3S/c24-14-5-6-17(16(25)11-14)32-13-20(30)29-9-7-28(8-10-29)12-19-26-22(31)21-15-3-1-2-4-18(15)33-23(21)27-19/h5-6,11H,1-4,7-10,12-13H2,(H,26,27,31). The molecule has 33 heavy (non-hydrogen) atoms. The quantitative estimate of drug-likeness (QED) is 0.615. The molecular formula is C23H24F2N4O3S. The van der Waals surface area contributed by atoms with Gasteiger partial charge in [0.1, 0.15) is 16.5 Å². The number of rotatable bonds is 5. The molecule has 0 saturated carbocycles. The van der Waals surface area contributed by atoms with Crippen molar-refractivity contribution in [2.24, 2.45) is 0 Å². The Labute approximate surface area is 193 Å². The number of aromatic nitrogens is 2. The largest absolute Gasteiger partial charge is 0.481 e. The fraction of sp³-hybridized carbons (Fsp3) is 0.435. The van der Waals surface area contributed by atoms with Crippen molar-refractivity contribution in [2.45, 2.75) is 32.2 Å². The molecule has 1 saturated heterocycles. The maximum absolute atomic E-state index is 13.7. The van der Waals surface area contributed by atoms with E-state index >= 15 is 0 Å². The van der Waals surface area contributed by atoms with Gasteiger partial charge in [-0.2, -0.15) is 0 Å². The second-order valence-corrected chi connectivity index (χ2v) is 9.51. The Kier molecular flexibility index (Phi) is 6.11. The highest BCUT2D eigenvalue weighted by Gasteiger charge is 2.24. The van der Waals surface area contributed by atoms with Crippen molar-refractivity contribution >= 4 is 27.5 Å². The lowest BCUT2D eigenvalue weighted by molar-refractivity contribution is -0.135. The van der Waals surface area contributed by atoms with Gasteiger partial charge in [-0.25, -0.2) is 13.8 Å². The maximum Gasteiger partial charge on any atom is 0.260 e. The molecule has 174 valence electrons. The molecule has 1 fully saturated rings. The van der Waals surface area contributed by atoms with E-state index in [1.165, 1.54) is 16.5 Å². The van der Waals surface area contributed by atoms with Crippen molar-refractivity contribution in [1.82, 2.24) is 19.8 Å². The number of halogens is 2. The van der Waals surface area contributed by atoms with E-state index in [2.05, 4.69) is 9.88 Å². The number of aromatic amines is 1. The minimum atomic E-state index is -0.835. The lowest BCUT2D eigenvalue weighted by atomic mass is 9.97. The van der Waals surface area contributed by atoms with Crippen molar-refractivity contribution in [3.05, 3.63) is 56.5 Å². The molecule has 3 heterocycles. The van der Waals surface area contributed by atoms with Crippen LogP contribution >= 0.6 is 11.3 Å². The summed E-state index contributed by atoms with van der Waals surface area (Å²) in [7, 11) is 0. The monoisotopic (exact) mass is 474 g/mol. The number of fused-ring (bicyclic) bond motifs is 3. The van der Waals surface area contributed by atoms with E-state index in [0.29, 0.717) is 38.5 Å². The van der Waals surface area contributed by atoms with E-state index in [4.69, 9.17) is 9.72 Å². The number of nitrogens with one attached hydrogen (secondary N) is 1. The minimum Gasteiger partial charge on any atom is -0.481 e. The van der Waals surface area contributed by atoms with Crippen LogP contribution in [0.1, 0.15) is 29.1 Å². The third kappa shape index (κ3) is 4.63. The number of carbonyl (C=O) groups is 1. The molecule has 0 spiro atoms. The summed E-state index contributed by atoms with van der Waals surface area (Å²) in [5.41, 5.74) is 1.12. The van der Waals surface area contributed by atoms with Gasteiger partial charge in [-0.1, -0.05) is 0 Å². The molecule has 0 bridgehead atoms. The first-order valence-corrected chi connectivity index (χ1v) is 11.9. The smallest absolute Gasteiger partial charge is 0.260 e. The highest BCUT2D eigenvalue weighted by Crippen LogP contribution is 2.33. The van der Waals surface area contributed by atoms with Gasteiger partial charge in [0, 0.05) is 37.1 Å². The normalized spacial score (nSPS) is 16.7. The Balaban J connectivity index is 1.17. The zero-order chi connectivity index (χ0) is 22.9. The van der Waals surface area contributed by atoms with Crippen molar-refractivity contribution in [1.29, 1.82) is 0 Å². The molecule has 3 aromatic rings. The van der Waals surface area contributed by atoms with Crippen LogP contribution in [0.4, 0.5) is 8.78 Å². The molecule has 5 rings (SSSR count). The van der Waals surface area contributed by atoms with Crippen LogP contribution in [0, 0.1) is 11.6 Å². The summed E-state index contributed by atoms with van der Waals surface area (Å²) in [5, 5.41) is 0.756. The topological polar surface area (TPSA) is 78.5 Å². The van der Waals surface area contributed by atoms with E-state index in [1.807, 2.05) is 0 Å². The molecule has 0 unspecified atom stereocenters. The highest BCUT2D eigenvalue weighted by molar-refractivity contribution is 7.18. The van der Waals surface area contributed by atoms with Gasteiger partial charge in [-0.15, -0.1) is 11.3 Å². The zero-order valence-corrected chi connectivity index (χ0v) is 18.9. The minimum absolute atomic E-state index is 0.0617. The molecule has 0 radical (unpaired) electrons. The molecule has 10 heteroatoms. The first-order valence-electron chi connectivity index (χ1n) is 11.1. The van der Waals surface area contributed by atoms with Gasteiger partial charge in [0.15, 0.2) is 18.2 Å². The second kappa shape index (κ2) is 9.18. The Bertz CT molecular complexity index is 1250. The molecule has 2 aromatic heterocycles. The molecule has 1 aliphatic heterocycles. The fourth-order valence-electron chi connectivity index (χ4n) is 4.47. The van der Waals surface area contributed by atoms with Crippen LogP contribution < -0.4 is 10.3 Å². The number of nitrogens with zero attached hydrogens (tertiary/aromatic N) is 3. The molecular weight excluding hydrogens is 450 g/mol. The molecule has 1 aromatic carbocycles. The number of piperazine rings is 1. The molecule has 0 atom stereocenters. The van der Waals surface area contributed by atoms with Crippen molar-refractivity contribution in [2.75, 3.05) is 32.8 Å². The molecule has 7 nitrogen and oxygen atoms in total. The average Bonchev–Trinajstić information content (AvgIpc) is 3.17. The van der Waals surface area contributed by atoms with E-state index in [0.717, 1.165) is 48.0 Å². The van der Waals surface area contributed by atoms with Crippen molar-refractivity contribution in [3.63, 3.8) is 0 Å². The summed E-state index contributed by atoms with van der Waals surface area (Å²) < 4.78 is 31.9. The van der Waals surface area contributed by atoms with Crippen LogP contribution in [0.3, 0.4) is 0 Å². The highest BCUT2D eigenvalue weighted by atomic mass is 32.1. The number of carbonyl (C=O) groups excluding carboxylic acids is 1. The molecule has 1 N–H and O–H groups in total. The summed E-state index contributed by atoms with van der Waals surface area (Å²) in [4.78, 5) is 38.7. The number of hydrogen-bond acceptors (Lipinski definition) is 6. The molecule has 1 amide bonds. The van der Waals surface area contributed by atoms with Crippen LogP contribution in [0.15, 0.2) is 23.0 Å². The van der Waals surface area contributed by atoms with Gasteiger partial charge in [-0.3, -0.25) is 14.5 Å². The van der Waals surface area contributed by atoms with Gasteiger partial charge in [0.25, 0.3) is 11.5 Å². The van der Waals surface area contributed by atoms with E-state index in [9.17, 15) is 18.4 Å². The lowest BCUT2D eigenvalue weighted by Gasteiger charge is -2.34. The lowest BCUT2D eigenvalue weighted by Crippen LogP contribution is -2.49. The first kappa shape index (κ1) is 22.0. The third-order valence-electron chi connectivity index (χ3n) is 6.22. The summed E-state index contributed by atoms with van der Waals surface area (Å²) in [6.45, 7) is 2.44. The number of ether oxygens (including phenoxy) is 1. The van der Waals surface area contributed by atoms with E-state index in [1.54, 1.807) is 16.2 Å². The number of hydrogen-bond donors (Lipinski definition) is 1. The van der Waals surface area contributed by atoms with Crippen LogP contribution in [0.25, 0.3) is 10.2 Å². The molecule has 1 aliphatic carbocycles. The number of benzene rings is 1. The number of thiophene rings is 1. The van der Waals surface area contributed by atoms with Crippen molar-refractivity contribution in [3.8, 4) is 5.75 Å². The van der Waals surface area contributed by atoms with Crippen LogP contribution in [0.5, 0.6) is 5.75 Å². The van der Waals surface area contributed by atoms with Gasteiger partial charge < -0.3 is 14.6 Å². The Morgan fingerprint density at radius 2 is 1.94 bits per heavy atom. The summed E-state index contributed by atoms with van der Waals surface area (Å²) in [5.74, 6) is -1.30. The van der Waals surface area contributed by atoms with Gasteiger partial charge in [0.2, 0.25) is 0 Å². The van der Waals surface area contributed by atoms with Crippen LogP contribution in [0.2, 0.25) is 0 Å². The summed E-state index contributed by atoms with van der Waals surface area (Å²) >= 11 is 1.64. The predicted octanol–water partition coefficient (Wildman–Crippen LogP) is 2.86. The second-order valence-electron chi connectivity index (χ2n) is 8.42. The predicted molar refractivity (Wildman–Crippen MR) is 121 cm³/mol. The van der Waals surface area contributed by atoms with Crippen LogP contribution in [-0.2, 0) is 24.2 Å². The van der Waals surface area contributed by atoms with Gasteiger partial charge in [-0.05, 0) is 43.4 Å². The maximum atomic E-state index is 13.7. The number of H-pyrrole nitrogens is 1. The van der Waals surface area contributed by atoms with Crippen LogP contribution in [-0.4, -0.2) is 58.5 Å². The van der Waals surface area contributed by atoms with Gasteiger partial charge in [0.05, 0.1) is 11.9 Å². The van der Waals surface area contributed by atoms with E-state index in [-0.39, 0.29) is 23.8 Å². The average molecular weight is 475 g/mol. The molecule has 2 aliphatic rings. The number of amides is 1. The Morgan fingerprint density at radius 1 is 1.15 bits per heavy atom. The number of aryl methyl sites for hydroxylation is 2. The Hall–Kier alpha value is -2.85. The Morgan fingerprint density at radius 3 is 2.73 bits per heavy atom. The van der Waals surface area contributed by atoms with E-state index < -0.39 is 11.6 Å². The van der Waals surface area contributed by atoms with Crippen molar-refractivity contribution < 1.29 is 18.3 Å². The third-order valence-corrected chi connectivity index (χ3v) is 7.40. The fourth-order valence-corrected chi connectivity index (χ4v) is 5.75. The SMILES string of the molecule is O=C(COc1ccc(F)cc1F)N1CCN(Cc2nc3sc4c(c3c(=O)[nH]2)CCCC4)CC1. The zero-order valence-electron chi connectivity index (χ0n) is 18.0. The first-order chi connectivity index (χ1) is 16.0. The van der Waals surface area contributed by atoms with Gasteiger partial charge >= 0.3 is 0 Å². The summed E-state index contributed by atoms with van der Waals surface area (Å²) in [6.07, 6.45) is 4.26.